The van der Waals surface area contributed by atoms with E-state index in [4.69, 9.17) is 0 Å². The maximum Gasteiger partial charge on any atom is 0.429 e. The second kappa shape index (κ2) is 6.31. The molecule has 1 rings (SSSR count). The zero-order valence-electron chi connectivity index (χ0n) is 9.95. The molecule has 2 atom stereocenters. The quantitative estimate of drug-likeness (QED) is 0.842. The second-order valence-electron chi connectivity index (χ2n) is 3.58. The molecule has 1 aromatic carbocycles. The first-order valence-electron chi connectivity index (χ1n) is 5.27. The molecule has 0 aliphatic rings. The number of rotatable bonds is 5. The Labute approximate surface area is 106 Å². The first kappa shape index (κ1) is 15.1. The zero-order valence-corrected chi connectivity index (χ0v) is 10.8. The largest absolute Gasteiger partial charge is 0.429 e. The van der Waals surface area contributed by atoms with Crippen LogP contribution in [0.15, 0.2) is 29.2 Å². The van der Waals surface area contributed by atoms with Crippen molar-refractivity contribution in [2.75, 3.05) is 6.61 Å². The molecule has 1 aromatic rings. The first-order valence-corrected chi connectivity index (χ1v) is 6.42. The van der Waals surface area contributed by atoms with Gasteiger partial charge in [0, 0.05) is 6.61 Å². The first-order chi connectivity index (χ1) is 8.34. The van der Waals surface area contributed by atoms with Gasteiger partial charge in [0.15, 0.2) is 0 Å². The van der Waals surface area contributed by atoms with Crippen LogP contribution < -0.4 is 4.72 Å². The molecule has 0 spiro atoms. The van der Waals surface area contributed by atoms with E-state index in [1.54, 1.807) is 12.1 Å². The molecule has 2 unspecified atom stereocenters. The van der Waals surface area contributed by atoms with E-state index in [-0.39, 0.29) is 11.5 Å². The van der Waals surface area contributed by atoms with Gasteiger partial charge in [-0.2, -0.15) is 17.9 Å². The molecule has 0 fully saturated rings. The van der Waals surface area contributed by atoms with Gasteiger partial charge in [-0.25, -0.2) is 4.21 Å². The zero-order chi connectivity index (χ0) is 13.8. The lowest BCUT2D eigenvalue weighted by Crippen LogP contribution is -2.45. The van der Waals surface area contributed by atoms with Crippen molar-refractivity contribution >= 4 is 11.0 Å². The van der Waals surface area contributed by atoms with E-state index in [0.29, 0.717) is 0 Å². The molecule has 0 aromatic heterocycles. The van der Waals surface area contributed by atoms with Crippen LogP contribution in [-0.2, 0) is 15.7 Å². The Morgan fingerprint density at radius 3 is 2.33 bits per heavy atom. The summed E-state index contributed by atoms with van der Waals surface area (Å²) in [5, 5.41) is 0. The number of ether oxygens (including phenoxy) is 1. The molecule has 0 saturated heterocycles. The van der Waals surface area contributed by atoms with E-state index in [0.717, 1.165) is 5.56 Å². The predicted octanol–water partition coefficient (Wildman–Crippen LogP) is 2.53. The SMILES string of the molecule is CCOC(NS(=O)c1ccc(C)cc1)C(F)(F)F. The summed E-state index contributed by atoms with van der Waals surface area (Å²) >= 11 is 0. The number of aryl methyl sites for hydroxylation is 1. The molecular weight excluding hydrogens is 267 g/mol. The molecule has 0 amide bonds. The molecule has 0 aliphatic carbocycles. The van der Waals surface area contributed by atoms with E-state index in [1.165, 1.54) is 19.1 Å². The van der Waals surface area contributed by atoms with Crippen LogP contribution in [-0.4, -0.2) is 23.2 Å². The average molecular weight is 281 g/mol. The third-order valence-corrected chi connectivity index (χ3v) is 3.21. The monoisotopic (exact) mass is 281 g/mol. The van der Waals surface area contributed by atoms with Gasteiger partial charge >= 0.3 is 6.18 Å². The lowest BCUT2D eigenvalue weighted by molar-refractivity contribution is -0.222. The number of nitrogens with one attached hydrogen (secondary N) is 1. The minimum atomic E-state index is -4.60. The van der Waals surface area contributed by atoms with Crippen molar-refractivity contribution in [2.24, 2.45) is 0 Å². The summed E-state index contributed by atoms with van der Waals surface area (Å²) in [5.74, 6) is 0. The van der Waals surface area contributed by atoms with Gasteiger partial charge in [-0.1, -0.05) is 17.7 Å². The topological polar surface area (TPSA) is 38.3 Å². The molecule has 0 radical (unpaired) electrons. The summed E-state index contributed by atoms with van der Waals surface area (Å²) in [6.45, 7) is 3.15. The van der Waals surface area contributed by atoms with Crippen molar-refractivity contribution in [3.05, 3.63) is 29.8 Å². The average Bonchev–Trinajstić information content (AvgIpc) is 2.28. The Morgan fingerprint density at radius 2 is 1.89 bits per heavy atom. The van der Waals surface area contributed by atoms with Gasteiger partial charge in [-0.15, -0.1) is 0 Å². The van der Waals surface area contributed by atoms with Crippen molar-refractivity contribution in [2.45, 2.75) is 31.1 Å². The third-order valence-electron chi connectivity index (χ3n) is 2.08. The minimum absolute atomic E-state index is 0.123. The van der Waals surface area contributed by atoms with Gasteiger partial charge < -0.3 is 4.74 Å². The summed E-state index contributed by atoms with van der Waals surface area (Å²) in [5.41, 5.74) is 0.938. The molecule has 102 valence electrons. The van der Waals surface area contributed by atoms with Crippen molar-refractivity contribution in [3.8, 4) is 0 Å². The standard InChI is InChI=1S/C11H14F3NO2S/c1-3-17-10(11(12,13)14)15-18(16)9-6-4-8(2)5-7-9/h4-7,10,15H,3H2,1-2H3. The molecule has 0 heterocycles. The summed E-state index contributed by atoms with van der Waals surface area (Å²) in [4.78, 5) is 0.273. The van der Waals surface area contributed by atoms with Crippen LogP contribution in [0.1, 0.15) is 12.5 Å². The number of hydrogen-bond donors (Lipinski definition) is 1. The van der Waals surface area contributed by atoms with Crippen LogP contribution in [0.5, 0.6) is 0 Å². The summed E-state index contributed by atoms with van der Waals surface area (Å²) < 4.78 is 55.7. The van der Waals surface area contributed by atoms with Gasteiger partial charge in [-0.3, -0.25) is 0 Å². The van der Waals surface area contributed by atoms with Crippen LogP contribution in [0.4, 0.5) is 13.2 Å². The normalized spacial score (nSPS) is 15.4. The number of hydrogen-bond acceptors (Lipinski definition) is 2. The lowest BCUT2D eigenvalue weighted by Gasteiger charge is -2.20. The maximum absolute atomic E-state index is 12.5. The predicted molar refractivity (Wildman–Crippen MR) is 62.2 cm³/mol. The van der Waals surface area contributed by atoms with Crippen molar-refractivity contribution in [3.63, 3.8) is 0 Å². The van der Waals surface area contributed by atoms with Crippen molar-refractivity contribution < 1.29 is 22.1 Å². The lowest BCUT2D eigenvalue weighted by atomic mass is 10.2. The highest BCUT2D eigenvalue weighted by molar-refractivity contribution is 7.83. The van der Waals surface area contributed by atoms with E-state index in [9.17, 15) is 17.4 Å². The van der Waals surface area contributed by atoms with Crippen molar-refractivity contribution in [1.29, 1.82) is 0 Å². The molecule has 0 saturated carbocycles. The summed E-state index contributed by atoms with van der Waals surface area (Å²) in [7, 11) is -1.96. The van der Waals surface area contributed by atoms with E-state index < -0.39 is 23.4 Å². The fraction of sp³-hybridized carbons (Fsp3) is 0.455. The Hall–Kier alpha value is -0.920. The Kier molecular flexibility index (Phi) is 5.30. The van der Waals surface area contributed by atoms with Crippen LogP contribution in [0.2, 0.25) is 0 Å². The highest BCUT2D eigenvalue weighted by Crippen LogP contribution is 2.22. The molecular formula is C11H14F3NO2S. The van der Waals surface area contributed by atoms with Gasteiger partial charge in [0.05, 0.1) is 4.90 Å². The van der Waals surface area contributed by atoms with Gasteiger partial charge in [-0.05, 0) is 26.0 Å². The minimum Gasteiger partial charge on any atom is -0.354 e. The Bertz CT molecular complexity index is 406. The molecule has 7 heteroatoms. The smallest absolute Gasteiger partial charge is 0.354 e. The molecule has 0 aliphatic heterocycles. The van der Waals surface area contributed by atoms with Crippen LogP contribution >= 0.6 is 0 Å². The van der Waals surface area contributed by atoms with Gasteiger partial charge in [0.1, 0.15) is 11.0 Å². The van der Waals surface area contributed by atoms with E-state index >= 15 is 0 Å². The Morgan fingerprint density at radius 1 is 1.33 bits per heavy atom. The maximum atomic E-state index is 12.5. The summed E-state index contributed by atoms with van der Waals surface area (Å²) in [6, 6.07) is 6.38. The van der Waals surface area contributed by atoms with Gasteiger partial charge in [0.25, 0.3) is 0 Å². The molecule has 18 heavy (non-hydrogen) atoms. The number of benzene rings is 1. The van der Waals surface area contributed by atoms with Crippen molar-refractivity contribution in [1.82, 2.24) is 4.72 Å². The van der Waals surface area contributed by atoms with Crippen LogP contribution in [0, 0.1) is 6.92 Å². The third kappa shape index (κ3) is 4.40. The Balaban J connectivity index is 2.75. The number of alkyl halides is 3. The molecule has 1 N–H and O–H groups in total. The van der Waals surface area contributed by atoms with Gasteiger partial charge in [0.2, 0.25) is 6.23 Å². The van der Waals surface area contributed by atoms with Crippen LogP contribution in [0.25, 0.3) is 0 Å². The summed E-state index contributed by atoms with van der Waals surface area (Å²) in [6.07, 6.45) is -6.83. The molecule has 3 nitrogen and oxygen atoms in total. The van der Waals surface area contributed by atoms with Crippen LogP contribution in [0.3, 0.4) is 0 Å². The highest BCUT2D eigenvalue weighted by Gasteiger charge is 2.41. The second-order valence-corrected chi connectivity index (χ2v) is 4.82. The fourth-order valence-corrected chi connectivity index (χ4v) is 2.10. The van der Waals surface area contributed by atoms with E-state index in [2.05, 4.69) is 4.74 Å². The number of halogens is 3. The van der Waals surface area contributed by atoms with E-state index in [1.807, 2.05) is 11.6 Å². The highest BCUT2D eigenvalue weighted by atomic mass is 32.2. The molecule has 0 bridgehead atoms. The fourth-order valence-electron chi connectivity index (χ4n) is 1.19.